The molecule has 0 aromatic carbocycles. The zero-order chi connectivity index (χ0) is 10.3. The molecule has 1 rings (SSSR count). The molecule has 74 valence electrons. The summed E-state index contributed by atoms with van der Waals surface area (Å²) in [6, 6.07) is -0.255. The Labute approximate surface area is 77.9 Å². The SMILES string of the molecule is CC1=CC(C)(S(=O)(=O)O)C=CC1N. The van der Waals surface area contributed by atoms with E-state index >= 15 is 0 Å². The first kappa shape index (κ1) is 10.4. The Balaban J connectivity index is 3.18. The molecule has 5 heteroatoms. The van der Waals surface area contributed by atoms with Gasteiger partial charge >= 0.3 is 0 Å². The molecule has 2 atom stereocenters. The average molecular weight is 203 g/mol. The molecule has 0 bridgehead atoms. The van der Waals surface area contributed by atoms with Gasteiger partial charge in [-0.25, -0.2) is 0 Å². The largest absolute Gasteiger partial charge is 0.321 e. The van der Waals surface area contributed by atoms with Crippen molar-refractivity contribution in [1.29, 1.82) is 0 Å². The second kappa shape index (κ2) is 2.94. The molecular formula is C8H13NO3S. The molecule has 0 fully saturated rings. The first-order valence-electron chi connectivity index (χ1n) is 3.87. The molecule has 0 heterocycles. The van der Waals surface area contributed by atoms with E-state index in [2.05, 4.69) is 0 Å². The summed E-state index contributed by atoms with van der Waals surface area (Å²) in [5, 5.41) is 0. The van der Waals surface area contributed by atoms with Gasteiger partial charge in [0.1, 0.15) is 4.75 Å². The zero-order valence-corrected chi connectivity index (χ0v) is 8.38. The summed E-state index contributed by atoms with van der Waals surface area (Å²) in [6.07, 6.45) is 4.44. The lowest BCUT2D eigenvalue weighted by Gasteiger charge is -2.25. The van der Waals surface area contributed by atoms with Gasteiger partial charge in [0.2, 0.25) is 0 Å². The molecule has 0 amide bonds. The number of nitrogens with two attached hydrogens (primary N) is 1. The van der Waals surface area contributed by atoms with Gasteiger partial charge in [-0.3, -0.25) is 4.55 Å². The standard InChI is InChI=1S/C8H13NO3S/c1-6-5-8(2,13(10,11)12)4-3-7(6)9/h3-5,7H,9H2,1-2H3,(H,10,11,12). The van der Waals surface area contributed by atoms with Crippen LogP contribution in [0.1, 0.15) is 13.8 Å². The first-order chi connectivity index (χ1) is 5.76. The van der Waals surface area contributed by atoms with Crippen LogP contribution in [-0.4, -0.2) is 23.8 Å². The molecule has 0 spiro atoms. The van der Waals surface area contributed by atoms with Crippen molar-refractivity contribution in [3.05, 3.63) is 23.8 Å². The fraction of sp³-hybridized carbons (Fsp3) is 0.500. The second-order valence-corrected chi connectivity index (χ2v) is 5.26. The summed E-state index contributed by atoms with van der Waals surface area (Å²) < 4.78 is 29.6. The maximum Gasteiger partial charge on any atom is 0.277 e. The summed E-state index contributed by atoms with van der Waals surface area (Å²) in [5.74, 6) is 0. The van der Waals surface area contributed by atoms with Crippen molar-refractivity contribution < 1.29 is 13.0 Å². The third-order valence-electron chi connectivity index (χ3n) is 2.23. The van der Waals surface area contributed by atoms with Crippen LogP contribution in [0.15, 0.2) is 23.8 Å². The van der Waals surface area contributed by atoms with E-state index in [4.69, 9.17) is 10.3 Å². The Morgan fingerprint density at radius 1 is 1.62 bits per heavy atom. The molecule has 1 aliphatic carbocycles. The Hall–Kier alpha value is -0.650. The van der Waals surface area contributed by atoms with Gasteiger partial charge in [0.05, 0.1) is 0 Å². The number of rotatable bonds is 1. The third-order valence-corrected chi connectivity index (χ3v) is 3.60. The molecule has 3 N–H and O–H groups in total. The summed E-state index contributed by atoms with van der Waals surface area (Å²) in [6.45, 7) is 3.16. The molecule has 0 radical (unpaired) electrons. The first-order valence-corrected chi connectivity index (χ1v) is 5.31. The predicted molar refractivity (Wildman–Crippen MR) is 50.8 cm³/mol. The Kier molecular flexibility index (Phi) is 2.36. The van der Waals surface area contributed by atoms with Crippen molar-refractivity contribution in [2.45, 2.75) is 24.6 Å². The van der Waals surface area contributed by atoms with E-state index in [1.165, 1.54) is 19.1 Å². The van der Waals surface area contributed by atoms with Crippen LogP contribution < -0.4 is 5.73 Å². The molecule has 13 heavy (non-hydrogen) atoms. The lowest BCUT2D eigenvalue weighted by atomic mass is 9.96. The summed E-state index contributed by atoms with van der Waals surface area (Å²) >= 11 is 0. The molecule has 0 aromatic heterocycles. The van der Waals surface area contributed by atoms with Crippen molar-refractivity contribution >= 4 is 10.1 Å². The van der Waals surface area contributed by atoms with Gasteiger partial charge in [-0.1, -0.05) is 23.8 Å². The molecule has 0 saturated heterocycles. The van der Waals surface area contributed by atoms with Crippen LogP contribution in [0.2, 0.25) is 0 Å². The van der Waals surface area contributed by atoms with Crippen molar-refractivity contribution in [3.8, 4) is 0 Å². The van der Waals surface area contributed by atoms with Crippen LogP contribution in [0.3, 0.4) is 0 Å². The maximum atomic E-state index is 11.0. The van der Waals surface area contributed by atoms with Gasteiger partial charge < -0.3 is 5.73 Å². The van der Waals surface area contributed by atoms with Crippen molar-refractivity contribution in [1.82, 2.24) is 0 Å². The minimum Gasteiger partial charge on any atom is -0.321 e. The highest BCUT2D eigenvalue weighted by molar-refractivity contribution is 7.87. The van der Waals surface area contributed by atoms with Crippen LogP contribution in [0.25, 0.3) is 0 Å². The number of hydrogen-bond donors (Lipinski definition) is 2. The van der Waals surface area contributed by atoms with E-state index in [0.717, 1.165) is 5.57 Å². The monoisotopic (exact) mass is 203 g/mol. The molecule has 0 aromatic rings. The molecule has 0 saturated carbocycles. The summed E-state index contributed by atoms with van der Waals surface area (Å²) in [7, 11) is -4.10. The predicted octanol–water partition coefficient (Wildman–Crippen LogP) is 0.476. The van der Waals surface area contributed by atoms with Gasteiger partial charge in [0, 0.05) is 6.04 Å². The number of hydrogen-bond acceptors (Lipinski definition) is 3. The van der Waals surface area contributed by atoms with E-state index in [9.17, 15) is 8.42 Å². The van der Waals surface area contributed by atoms with E-state index in [1.54, 1.807) is 13.0 Å². The van der Waals surface area contributed by atoms with Crippen molar-refractivity contribution in [3.63, 3.8) is 0 Å². The van der Waals surface area contributed by atoms with Crippen molar-refractivity contribution in [2.24, 2.45) is 5.73 Å². The maximum absolute atomic E-state index is 11.0. The molecule has 2 unspecified atom stereocenters. The van der Waals surface area contributed by atoms with Crippen LogP contribution in [0.5, 0.6) is 0 Å². The van der Waals surface area contributed by atoms with Gasteiger partial charge in [0.25, 0.3) is 10.1 Å². The minimum atomic E-state index is -4.10. The minimum absolute atomic E-state index is 0.255. The lowest BCUT2D eigenvalue weighted by Crippen LogP contribution is -2.36. The smallest absolute Gasteiger partial charge is 0.277 e. The summed E-state index contributed by atoms with van der Waals surface area (Å²) in [5.41, 5.74) is 6.35. The quantitative estimate of drug-likeness (QED) is 0.479. The Morgan fingerprint density at radius 3 is 2.54 bits per heavy atom. The van der Waals surface area contributed by atoms with Gasteiger partial charge in [-0.05, 0) is 13.8 Å². The lowest BCUT2D eigenvalue weighted by molar-refractivity contribution is 0.465. The molecule has 4 nitrogen and oxygen atoms in total. The summed E-state index contributed by atoms with van der Waals surface area (Å²) in [4.78, 5) is 0. The van der Waals surface area contributed by atoms with E-state index in [0.29, 0.717) is 0 Å². The Morgan fingerprint density at radius 2 is 2.15 bits per heavy atom. The topological polar surface area (TPSA) is 80.4 Å². The van der Waals surface area contributed by atoms with Crippen LogP contribution in [-0.2, 0) is 10.1 Å². The van der Waals surface area contributed by atoms with Gasteiger partial charge in [-0.15, -0.1) is 0 Å². The average Bonchev–Trinajstić information content (AvgIpc) is 1.95. The molecular weight excluding hydrogens is 190 g/mol. The third kappa shape index (κ3) is 1.82. The zero-order valence-electron chi connectivity index (χ0n) is 7.56. The van der Waals surface area contributed by atoms with Gasteiger partial charge in [0.15, 0.2) is 0 Å². The molecule has 0 aliphatic heterocycles. The van der Waals surface area contributed by atoms with Crippen molar-refractivity contribution in [2.75, 3.05) is 0 Å². The van der Waals surface area contributed by atoms with Crippen LogP contribution in [0, 0.1) is 0 Å². The van der Waals surface area contributed by atoms with Gasteiger partial charge in [-0.2, -0.15) is 8.42 Å². The van der Waals surface area contributed by atoms with Crippen LogP contribution >= 0.6 is 0 Å². The second-order valence-electron chi connectivity index (χ2n) is 3.43. The highest BCUT2D eigenvalue weighted by Gasteiger charge is 2.35. The van der Waals surface area contributed by atoms with E-state index in [-0.39, 0.29) is 6.04 Å². The van der Waals surface area contributed by atoms with Crippen LogP contribution in [0.4, 0.5) is 0 Å². The van der Waals surface area contributed by atoms with E-state index in [1.807, 2.05) is 0 Å². The van der Waals surface area contributed by atoms with E-state index < -0.39 is 14.9 Å². The fourth-order valence-electron chi connectivity index (χ4n) is 1.20. The fourth-order valence-corrected chi connectivity index (χ4v) is 1.79. The normalized spacial score (nSPS) is 34.5. The Bertz CT molecular complexity index is 369. The highest BCUT2D eigenvalue weighted by Crippen LogP contribution is 2.26. The highest BCUT2D eigenvalue weighted by atomic mass is 32.2. The molecule has 1 aliphatic rings.